The minimum atomic E-state index is -0.840. The number of halogens is 2. The molecule has 4 aromatic rings. The second-order valence-electron chi connectivity index (χ2n) is 13.3. The van der Waals surface area contributed by atoms with Crippen molar-refractivity contribution in [3.8, 4) is 35.2 Å². The molecule has 3 aromatic carbocycles. The number of anilines is 1. The zero-order chi connectivity index (χ0) is 30.9. The van der Waals surface area contributed by atoms with Crippen molar-refractivity contribution in [2.45, 2.75) is 49.1 Å². The molecular formula is C36H36F2N4O2S. The number of nitrogens with zero attached hydrogens (tertiary/aromatic N) is 4. The smallest absolute Gasteiger partial charge is 0.319 e. The maximum atomic E-state index is 14.9. The van der Waals surface area contributed by atoms with E-state index in [0.29, 0.717) is 58.5 Å². The average Bonchev–Trinajstić information content (AvgIpc) is 3.65. The van der Waals surface area contributed by atoms with Crippen molar-refractivity contribution in [2.24, 2.45) is 11.8 Å². The molecule has 2 unspecified atom stereocenters. The molecule has 2 bridgehead atoms. The topological polar surface area (TPSA) is 61.7 Å². The van der Waals surface area contributed by atoms with Gasteiger partial charge in [0.15, 0.2) is 0 Å². The molecule has 0 spiro atoms. The van der Waals surface area contributed by atoms with E-state index in [9.17, 15) is 13.9 Å². The van der Waals surface area contributed by atoms with Crippen LogP contribution in [0.25, 0.3) is 32.8 Å². The van der Waals surface area contributed by atoms with Crippen LogP contribution in [0.1, 0.15) is 37.7 Å². The zero-order valence-electron chi connectivity index (χ0n) is 25.3. The highest BCUT2D eigenvalue weighted by Gasteiger charge is 2.49. The van der Waals surface area contributed by atoms with E-state index in [4.69, 9.17) is 21.1 Å². The van der Waals surface area contributed by atoms with Crippen molar-refractivity contribution >= 4 is 39.3 Å². The number of aromatic nitrogens is 2. The normalized spacial score (nSPS) is 27.7. The summed E-state index contributed by atoms with van der Waals surface area (Å²) in [6.07, 6.45) is 12.0. The lowest BCUT2D eigenvalue weighted by molar-refractivity contribution is 0.107. The van der Waals surface area contributed by atoms with Gasteiger partial charge < -0.3 is 14.7 Å². The lowest BCUT2D eigenvalue weighted by atomic mass is 9.93. The van der Waals surface area contributed by atoms with Crippen molar-refractivity contribution in [1.82, 2.24) is 14.9 Å². The Morgan fingerprint density at radius 1 is 1.11 bits per heavy atom. The largest absolute Gasteiger partial charge is 0.508 e. The van der Waals surface area contributed by atoms with E-state index in [1.165, 1.54) is 18.9 Å². The second kappa shape index (κ2) is 11.0. The van der Waals surface area contributed by atoms with Gasteiger partial charge in [-0.3, -0.25) is 4.90 Å². The molecule has 4 heterocycles. The number of fused-ring (bicyclic) bond motifs is 5. The van der Waals surface area contributed by atoms with E-state index in [2.05, 4.69) is 22.0 Å². The van der Waals surface area contributed by atoms with Gasteiger partial charge >= 0.3 is 6.01 Å². The van der Waals surface area contributed by atoms with Crippen molar-refractivity contribution < 1.29 is 18.6 Å². The van der Waals surface area contributed by atoms with Crippen LogP contribution in [0.3, 0.4) is 0 Å². The molecule has 4 fully saturated rings. The van der Waals surface area contributed by atoms with Gasteiger partial charge in [-0.1, -0.05) is 18.1 Å². The minimum Gasteiger partial charge on any atom is -0.508 e. The number of phenolic OH excluding ortho intramolecular Hbond substituents is 1. The fourth-order valence-electron chi connectivity index (χ4n) is 8.74. The monoisotopic (exact) mass is 626 g/mol. The molecule has 0 radical (unpaired) electrons. The van der Waals surface area contributed by atoms with Crippen molar-refractivity contribution in [3.05, 3.63) is 53.8 Å². The molecule has 1 aliphatic carbocycles. The number of terminal acetylenes is 1. The lowest BCUT2D eigenvalue weighted by Crippen LogP contribution is -2.44. The number of piperidine rings is 1. The molecule has 45 heavy (non-hydrogen) atoms. The lowest BCUT2D eigenvalue weighted by Gasteiger charge is -2.38. The van der Waals surface area contributed by atoms with Gasteiger partial charge in [0.2, 0.25) is 0 Å². The summed E-state index contributed by atoms with van der Waals surface area (Å²) in [6, 6.07) is 12.4. The van der Waals surface area contributed by atoms with Crippen LogP contribution in [-0.2, 0) is 0 Å². The number of phenols is 1. The van der Waals surface area contributed by atoms with Gasteiger partial charge in [0.25, 0.3) is 0 Å². The van der Waals surface area contributed by atoms with E-state index >= 15 is 0 Å². The first-order valence-electron chi connectivity index (χ1n) is 15.9. The molecule has 3 saturated heterocycles. The van der Waals surface area contributed by atoms with Gasteiger partial charge in [0, 0.05) is 42.1 Å². The number of thioether (sulfide) groups is 1. The Hall–Kier alpha value is -3.61. The van der Waals surface area contributed by atoms with Gasteiger partial charge in [-0.2, -0.15) is 21.7 Å². The van der Waals surface area contributed by atoms with Gasteiger partial charge in [-0.15, -0.1) is 6.42 Å². The standard InChI is InChI=1S/C36H36F2N4O2S/c1-3-27-30(38)10-8-22-13-26(43)15-29(32(22)27)21-7-9-28-31(14-21)39-35(44-20-36-11-4-12-42(36)19-25(37)16-36)40-34(28)41-17-23-5-6-24(18-41)33(23)45-2/h1,7-10,13-15,23-25,33,43H,4-6,11-12,16-20H2,2H3/t23?,24?,25-,33?,36+/m1/s1. The van der Waals surface area contributed by atoms with Crippen LogP contribution < -0.4 is 9.64 Å². The zero-order valence-corrected chi connectivity index (χ0v) is 26.1. The molecule has 8 rings (SSSR count). The van der Waals surface area contributed by atoms with Crippen LogP contribution in [0.2, 0.25) is 0 Å². The van der Waals surface area contributed by atoms with Gasteiger partial charge in [-0.25, -0.2) is 8.78 Å². The number of alkyl halides is 1. The molecule has 1 saturated carbocycles. The fourth-order valence-corrected chi connectivity index (χ4v) is 9.95. The highest BCUT2D eigenvalue weighted by molar-refractivity contribution is 7.99. The first kappa shape index (κ1) is 28.8. The Labute approximate surface area is 266 Å². The van der Waals surface area contributed by atoms with E-state index in [1.54, 1.807) is 18.2 Å². The van der Waals surface area contributed by atoms with Crippen LogP contribution in [0.15, 0.2) is 42.5 Å². The second-order valence-corrected chi connectivity index (χ2v) is 14.3. The number of aromatic hydroxyl groups is 1. The molecule has 1 N–H and O–H groups in total. The molecule has 6 nitrogen and oxygen atoms in total. The van der Waals surface area contributed by atoms with Crippen LogP contribution in [-0.4, -0.2) is 76.0 Å². The molecule has 232 valence electrons. The Morgan fingerprint density at radius 3 is 2.71 bits per heavy atom. The number of ether oxygens (including phenoxy) is 1. The Bertz CT molecular complexity index is 1850. The van der Waals surface area contributed by atoms with Crippen molar-refractivity contribution in [1.29, 1.82) is 0 Å². The summed E-state index contributed by atoms with van der Waals surface area (Å²) in [7, 11) is 0. The SMILES string of the molecule is C#Cc1c(F)ccc2cc(O)cc(-c3ccc4c(N5CC6CCC(C5)C6SC)nc(OC[C@@]56CCCN5C[C@H](F)C6)nc4c3)c12. The predicted molar refractivity (Wildman–Crippen MR) is 176 cm³/mol. The van der Waals surface area contributed by atoms with Gasteiger partial charge in [0.05, 0.1) is 16.6 Å². The first-order chi connectivity index (χ1) is 21.9. The summed E-state index contributed by atoms with van der Waals surface area (Å²) in [5.74, 6) is 4.16. The van der Waals surface area contributed by atoms with Gasteiger partial charge in [0.1, 0.15) is 30.2 Å². The molecule has 4 aliphatic rings. The predicted octanol–water partition coefficient (Wildman–Crippen LogP) is 6.81. The van der Waals surface area contributed by atoms with Crippen LogP contribution in [0.5, 0.6) is 11.8 Å². The summed E-state index contributed by atoms with van der Waals surface area (Å²) < 4.78 is 35.8. The summed E-state index contributed by atoms with van der Waals surface area (Å²) in [4.78, 5) is 14.6. The fraction of sp³-hybridized carbons (Fsp3) is 0.444. The van der Waals surface area contributed by atoms with E-state index < -0.39 is 12.0 Å². The third-order valence-electron chi connectivity index (χ3n) is 10.7. The molecule has 4 atom stereocenters. The summed E-state index contributed by atoms with van der Waals surface area (Å²) in [5, 5.41) is 13.4. The number of hydrogen-bond donors (Lipinski definition) is 1. The quantitative estimate of drug-likeness (QED) is 0.236. The summed E-state index contributed by atoms with van der Waals surface area (Å²) in [5.41, 5.74) is 1.91. The number of benzene rings is 3. The maximum absolute atomic E-state index is 14.9. The number of hydrogen-bond acceptors (Lipinski definition) is 7. The van der Waals surface area contributed by atoms with Crippen LogP contribution >= 0.6 is 11.8 Å². The summed E-state index contributed by atoms with van der Waals surface area (Å²) in [6.45, 7) is 3.56. The van der Waals surface area contributed by atoms with Crippen molar-refractivity contribution in [3.63, 3.8) is 0 Å². The number of rotatable bonds is 6. The van der Waals surface area contributed by atoms with Crippen LogP contribution in [0.4, 0.5) is 14.6 Å². The van der Waals surface area contributed by atoms with E-state index in [-0.39, 0.29) is 22.9 Å². The van der Waals surface area contributed by atoms with Crippen molar-refractivity contribution in [2.75, 3.05) is 43.9 Å². The molecule has 9 heteroatoms. The molecular weight excluding hydrogens is 590 g/mol. The average molecular weight is 627 g/mol. The highest BCUT2D eigenvalue weighted by atomic mass is 32.2. The van der Waals surface area contributed by atoms with Crippen LogP contribution in [0, 0.1) is 30.0 Å². The highest BCUT2D eigenvalue weighted by Crippen LogP contribution is 2.46. The first-order valence-corrected chi connectivity index (χ1v) is 17.2. The molecule has 0 amide bonds. The third-order valence-corrected chi connectivity index (χ3v) is 12.0. The molecule has 3 aliphatic heterocycles. The Kier molecular flexibility index (Phi) is 7.07. The summed E-state index contributed by atoms with van der Waals surface area (Å²) >= 11 is 1.98. The Balaban J connectivity index is 1.24. The third kappa shape index (κ3) is 4.80. The maximum Gasteiger partial charge on any atom is 0.319 e. The van der Waals surface area contributed by atoms with Gasteiger partial charge in [-0.05, 0) is 97.2 Å². The molecule has 1 aromatic heterocycles. The van der Waals surface area contributed by atoms with E-state index in [1.807, 2.05) is 30.0 Å². The Morgan fingerprint density at radius 2 is 1.93 bits per heavy atom. The van der Waals surface area contributed by atoms with E-state index in [0.717, 1.165) is 49.2 Å². The minimum absolute atomic E-state index is 0.0646.